The molecule has 1 atom stereocenters. The van der Waals surface area contributed by atoms with E-state index >= 15 is 0 Å². The first kappa shape index (κ1) is 21.9. The standard InChI is InChI=1S/C23H20ClN3O4S/c1-30-23(29)17-4-2-3-5-18(17)26-15-8-6-14(7-9-15)19-12-16(31-27-19)13-25-22(28)20-10-11-21(24)32-20/h2-12,16,26-27H,13H2,1H3,(H,25,28). The number of hydroxylamine groups is 1. The van der Waals surface area contributed by atoms with Crippen molar-refractivity contribution in [1.29, 1.82) is 0 Å². The van der Waals surface area contributed by atoms with Gasteiger partial charge in [-0.2, -0.15) is 0 Å². The molecule has 2 heterocycles. The molecule has 3 aromatic rings. The van der Waals surface area contributed by atoms with E-state index in [9.17, 15) is 9.59 Å². The van der Waals surface area contributed by atoms with E-state index in [4.69, 9.17) is 21.2 Å². The van der Waals surface area contributed by atoms with Crippen LogP contribution in [-0.4, -0.2) is 31.6 Å². The van der Waals surface area contributed by atoms with E-state index < -0.39 is 5.97 Å². The van der Waals surface area contributed by atoms with Gasteiger partial charge in [0.25, 0.3) is 5.91 Å². The zero-order valence-electron chi connectivity index (χ0n) is 17.1. The summed E-state index contributed by atoms with van der Waals surface area (Å²) >= 11 is 7.10. The number of hydrogen-bond acceptors (Lipinski definition) is 7. The highest BCUT2D eigenvalue weighted by Gasteiger charge is 2.19. The first-order valence-corrected chi connectivity index (χ1v) is 10.9. The van der Waals surface area contributed by atoms with Gasteiger partial charge in [-0.05, 0) is 48.0 Å². The summed E-state index contributed by atoms with van der Waals surface area (Å²) in [4.78, 5) is 30.2. The molecule has 4 rings (SSSR count). The van der Waals surface area contributed by atoms with Gasteiger partial charge in [0.1, 0.15) is 6.10 Å². The van der Waals surface area contributed by atoms with Gasteiger partial charge in [-0.15, -0.1) is 11.3 Å². The Kier molecular flexibility index (Phi) is 6.75. The molecular formula is C23H20ClN3O4S. The van der Waals surface area contributed by atoms with Crippen LogP contribution in [0, 0.1) is 0 Å². The number of rotatable bonds is 7. The molecule has 164 valence electrons. The van der Waals surface area contributed by atoms with E-state index in [0.29, 0.717) is 27.0 Å². The van der Waals surface area contributed by atoms with Crippen molar-refractivity contribution in [3.05, 3.63) is 87.1 Å². The van der Waals surface area contributed by atoms with Crippen molar-refractivity contribution < 1.29 is 19.2 Å². The van der Waals surface area contributed by atoms with E-state index in [1.165, 1.54) is 18.4 Å². The van der Waals surface area contributed by atoms with Crippen LogP contribution in [0.1, 0.15) is 25.6 Å². The number of amides is 1. The zero-order chi connectivity index (χ0) is 22.5. The van der Waals surface area contributed by atoms with Gasteiger partial charge in [0, 0.05) is 5.69 Å². The normalized spacial score (nSPS) is 14.9. The number of esters is 1. The predicted octanol–water partition coefficient (Wildman–Crippen LogP) is 4.61. The van der Waals surface area contributed by atoms with Gasteiger partial charge < -0.3 is 15.4 Å². The summed E-state index contributed by atoms with van der Waals surface area (Å²) < 4.78 is 5.40. The quantitative estimate of drug-likeness (QED) is 0.438. The molecule has 0 fully saturated rings. The maximum absolute atomic E-state index is 12.1. The SMILES string of the molecule is COC(=O)c1ccccc1Nc1ccc(C2=CC(CNC(=O)c3ccc(Cl)s3)ON2)cc1. The number of thiophene rings is 1. The Bertz CT molecular complexity index is 1160. The molecule has 0 radical (unpaired) electrons. The number of para-hydroxylation sites is 1. The highest BCUT2D eigenvalue weighted by Crippen LogP contribution is 2.25. The molecule has 1 unspecified atom stereocenters. The van der Waals surface area contributed by atoms with Gasteiger partial charge in [-0.25, -0.2) is 4.79 Å². The third-order valence-electron chi connectivity index (χ3n) is 4.74. The van der Waals surface area contributed by atoms with Gasteiger partial charge in [0.15, 0.2) is 0 Å². The van der Waals surface area contributed by atoms with Crippen LogP contribution in [0.3, 0.4) is 0 Å². The van der Waals surface area contributed by atoms with Gasteiger partial charge >= 0.3 is 5.97 Å². The molecular weight excluding hydrogens is 450 g/mol. The highest BCUT2D eigenvalue weighted by molar-refractivity contribution is 7.18. The molecule has 1 aliphatic heterocycles. The number of ether oxygens (including phenoxy) is 1. The summed E-state index contributed by atoms with van der Waals surface area (Å²) in [5, 5.41) is 6.07. The minimum absolute atomic E-state index is 0.185. The lowest BCUT2D eigenvalue weighted by Crippen LogP contribution is -2.31. The molecule has 1 aromatic heterocycles. The molecule has 0 saturated carbocycles. The Morgan fingerprint density at radius 1 is 1.12 bits per heavy atom. The molecule has 0 saturated heterocycles. The molecule has 3 N–H and O–H groups in total. The largest absolute Gasteiger partial charge is 0.465 e. The van der Waals surface area contributed by atoms with Crippen molar-refractivity contribution in [1.82, 2.24) is 10.8 Å². The number of halogens is 1. The van der Waals surface area contributed by atoms with Gasteiger partial charge in [-0.1, -0.05) is 35.9 Å². The molecule has 7 nitrogen and oxygen atoms in total. The minimum Gasteiger partial charge on any atom is -0.465 e. The first-order valence-electron chi connectivity index (χ1n) is 9.75. The number of methoxy groups -OCH3 is 1. The number of benzene rings is 2. The number of carbonyl (C=O) groups excluding carboxylic acids is 2. The topological polar surface area (TPSA) is 88.7 Å². The average molecular weight is 470 g/mol. The lowest BCUT2D eigenvalue weighted by atomic mass is 10.1. The Balaban J connectivity index is 1.37. The fourth-order valence-corrected chi connectivity index (χ4v) is 4.09. The smallest absolute Gasteiger partial charge is 0.339 e. The summed E-state index contributed by atoms with van der Waals surface area (Å²) in [6, 6.07) is 18.2. The van der Waals surface area contributed by atoms with Crippen molar-refractivity contribution in [3.8, 4) is 0 Å². The van der Waals surface area contributed by atoms with Crippen LogP contribution in [-0.2, 0) is 9.57 Å². The minimum atomic E-state index is -0.400. The molecule has 0 bridgehead atoms. The lowest BCUT2D eigenvalue weighted by molar-refractivity contribution is 0.0499. The number of hydrogen-bond donors (Lipinski definition) is 3. The van der Waals surface area contributed by atoms with Crippen LogP contribution in [0.4, 0.5) is 11.4 Å². The number of anilines is 2. The second-order valence-electron chi connectivity index (χ2n) is 6.89. The van der Waals surface area contributed by atoms with Crippen LogP contribution in [0.5, 0.6) is 0 Å². The van der Waals surface area contributed by atoms with Crippen LogP contribution >= 0.6 is 22.9 Å². The molecule has 1 aliphatic rings. The van der Waals surface area contributed by atoms with Crippen molar-refractivity contribution in [2.24, 2.45) is 0 Å². The highest BCUT2D eigenvalue weighted by atomic mass is 35.5. The maximum atomic E-state index is 12.1. The van der Waals surface area contributed by atoms with Crippen molar-refractivity contribution in [2.45, 2.75) is 6.10 Å². The molecule has 1 amide bonds. The Morgan fingerprint density at radius 3 is 2.62 bits per heavy atom. The summed E-state index contributed by atoms with van der Waals surface area (Å²) in [5.41, 5.74) is 6.58. The summed E-state index contributed by atoms with van der Waals surface area (Å²) in [6.45, 7) is 0.328. The van der Waals surface area contributed by atoms with E-state index in [2.05, 4.69) is 16.1 Å². The first-order chi connectivity index (χ1) is 15.5. The van der Waals surface area contributed by atoms with Gasteiger partial charge in [0.2, 0.25) is 0 Å². The summed E-state index contributed by atoms with van der Waals surface area (Å²) in [7, 11) is 1.36. The van der Waals surface area contributed by atoms with Crippen molar-refractivity contribution in [3.63, 3.8) is 0 Å². The molecule has 0 spiro atoms. The summed E-state index contributed by atoms with van der Waals surface area (Å²) in [6.07, 6.45) is 1.62. The average Bonchev–Trinajstić information content (AvgIpc) is 3.47. The second kappa shape index (κ2) is 9.86. The number of nitrogens with one attached hydrogen (secondary N) is 3. The third-order valence-corrected chi connectivity index (χ3v) is 5.97. The van der Waals surface area contributed by atoms with E-state index in [-0.39, 0.29) is 12.0 Å². The van der Waals surface area contributed by atoms with Crippen molar-refractivity contribution >= 4 is 51.9 Å². The Labute approximate surface area is 194 Å². The van der Waals surface area contributed by atoms with Crippen LogP contribution < -0.4 is 16.1 Å². The van der Waals surface area contributed by atoms with E-state index in [1.54, 1.807) is 24.3 Å². The molecule has 0 aliphatic carbocycles. The molecule has 9 heteroatoms. The number of carbonyl (C=O) groups is 2. The second-order valence-corrected chi connectivity index (χ2v) is 8.61. The van der Waals surface area contributed by atoms with Crippen LogP contribution in [0.15, 0.2) is 66.7 Å². The lowest BCUT2D eigenvalue weighted by Gasteiger charge is -2.11. The van der Waals surface area contributed by atoms with Crippen LogP contribution in [0.2, 0.25) is 4.34 Å². The molecule has 2 aromatic carbocycles. The van der Waals surface area contributed by atoms with Gasteiger partial charge in [-0.3, -0.25) is 15.1 Å². The van der Waals surface area contributed by atoms with Gasteiger partial charge in [0.05, 0.1) is 39.8 Å². The molecule has 32 heavy (non-hydrogen) atoms. The fourth-order valence-electron chi connectivity index (χ4n) is 3.13. The third kappa shape index (κ3) is 5.11. The van der Waals surface area contributed by atoms with E-state index in [1.807, 2.05) is 42.5 Å². The Morgan fingerprint density at radius 2 is 1.91 bits per heavy atom. The summed E-state index contributed by atoms with van der Waals surface area (Å²) in [5.74, 6) is -0.586. The predicted molar refractivity (Wildman–Crippen MR) is 125 cm³/mol. The van der Waals surface area contributed by atoms with Crippen molar-refractivity contribution in [2.75, 3.05) is 19.0 Å². The maximum Gasteiger partial charge on any atom is 0.339 e. The Hall–Kier alpha value is -3.33. The van der Waals surface area contributed by atoms with E-state index in [0.717, 1.165) is 16.9 Å². The zero-order valence-corrected chi connectivity index (χ0v) is 18.6. The fraction of sp³-hybridized carbons (Fsp3) is 0.130. The monoisotopic (exact) mass is 469 g/mol. The van der Waals surface area contributed by atoms with Crippen LogP contribution in [0.25, 0.3) is 5.70 Å².